The maximum Gasteiger partial charge on any atom is 0.188 e. The van der Waals surface area contributed by atoms with Crippen molar-refractivity contribution < 1.29 is 9.47 Å². The van der Waals surface area contributed by atoms with Crippen molar-refractivity contribution in [3.8, 4) is 0 Å². The molecule has 2 saturated heterocycles. The zero-order valence-electron chi connectivity index (χ0n) is 14.8. The molecule has 128 valence electrons. The van der Waals surface area contributed by atoms with Gasteiger partial charge in [-0.2, -0.15) is 0 Å². The average Bonchev–Trinajstić information content (AvgIpc) is 3.07. The lowest BCUT2D eigenvalue weighted by Crippen LogP contribution is -2.41. The second-order valence-corrected chi connectivity index (χ2v) is 8.25. The Morgan fingerprint density at radius 3 is 3.04 bits per heavy atom. The lowest BCUT2D eigenvalue weighted by molar-refractivity contribution is -0.125. The normalized spacial score (nSPS) is 33.3. The first-order valence-electron chi connectivity index (χ1n) is 8.73. The number of aryl methyl sites for hydroxylation is 1. The molecule has 0 aromatic carbocycles. The van der Waals surface area contributed by atoms with Crippen LogP contribution in [0.2, 0.25) is 0 Å². The molecule has 1 aromatic heterocycles. The van der Waals surface area contributed by atoms with E-state index in [9.17, 15) is 0 Å². The highest BCUT2D eigenvalue weighted by atomic mass is 32.1. The molecule has 3 unspecified atom stereocenters. The average molecular weight is 336 g/mol. The van der Waals surface area contributed by atoms with Gasteiger partial charge in [0.2, 0.25) is 0 Å². The monoisotopic (exact) mass is 335 g/mol. The quantitative estimate of drug-likeness (QED) is 0.818. The van der Waals surface area contributed by atoms with Crippen molar-refractivity contribution in [2.75, 3.05) is 26.2 Å². The fraction of sp³-hybridized carbons (Fsp3) is 0.684. The van der Waals surface area contributed by atoms with Crippen molar-refractivity contribution in [3.05, 3.63) is 27.5 Å². The predicted molar refractivity (Wildman–Crippen MR) is 96.8 cm³/mol. The summed E-state index contributed by atoms with van der Waals surface area (Å²) in [5.74, 6) is 0.226. The number of piperidine rings is 1. The molecule has 2 aliphatic rings. The minimum atomic E-state index is -0.581. The van der Waals surface area contributed by atoms with Crippen LogP contribution in [-0.2, 0) is 9.47 Å². The highest BCUT2D eigenvalue weighted by molar-refractivity contribution is 7.11. The third-order valence-electron chi connectivity index (χ3n) is 5.10. The molecule has 3 nitrogen and oxygen atoms in total. The van der Waals surface area contributed by atoms with Crippen LogP contribution >= 0.6 is 11.3 Å². The van der Waals surface area contributed by atoms with Crippen LogP contribution in [-0.4, -0.2) is 43.0 Å². The molecule has 0 saturated carbocycles. The predicted octanol–water partition coefficient (Wildman–Crippen LogP) is 4.32. The van der Waals surface area contributed by atoms with Crippen LogP contribution in [0.1, 0.15) is 44.1 Å². The number of rotatable bonds is 4. The van der Waals surface area contributed by atoms with Crippen molar-refractivity contribution in [1.82, 2.24) is 4.90 Å². The van der Waals surface area contributed by atoms with Gasteiger partial charge in [0.1, 0.15) is 0 Å². The fourth-order valence-corrected chi connectivity index (χ4v) is 4.45. The Hall–Kier alpha value is -0.680. The number of ether oxygens (including phenoxy) is 2. The first kappa shape index (κ1) is 17.2. The summed E-state index contributed by atoms with van der Waals surface area (Å²) in [4.78, 5) is 3.83. The van der Waals surface area contributed by atoms with Crippen LogP contribution in [0.25, 0.3) is 6.08 Å². The Morgan fingerprint density at radius 2 is 2.35 bits per heavy atom. The fourth-order valence-electron chi connectivity index (χ4n) is 3.54. The number of nitrogens with zero attached hydrogens (tertiary/aromatic N) is 1. The van der Waals surface area contributed by atoms with Crippen LogP contribution in [0, 0.1) is 12.8 Å². The molecule has 2 fully saturated rings. The number of hydrogen-bond donors (Lipinski definition) is 0. The number of hydrogen-bond acceptors (Lipinski definition) is 4. The third kappa shape index (κ3) is 4.05. The second-order valence-electron chi connectivity index (χ2n) is 7.30. The third-order valence-corrected chi connectivity index (χ3v) is 6.07. The van der Waals surface area contributed by atoms with E-state index in [-0.39, 0.29) is 6.10 Å². The summed E-state index contributed by atoms with van der Waals surface area (Å²) >= 11 is 1.77. The summed E-state index contributed by atoms with van der Waals surface area (Å²) in [7, 11) is 0. The molecule has 3 atom stereocenters. The molecule has 23 heavy (non-hydrogen) atoms. The van der Waals surface area contributed by atoms with Crippen molar-refractivity contribution in [1.29, 1.82) is 0 Å². The summed E-state index contributed by atoms with van der Waals surface area (Å²) in [6, 6.07) is 2.16. The zero-order valence-corrected chi connectivity index (χ0v) is 15.6. The minimum Gasteiger partial charge on any atom is -0.344 e. The molecular formula is C19H29NO2S. The first-order chi connectivity index (χ1) is 11.0. The zero-order chi connectivity index (χ0) is 16.4. The molecule has 0 aliphatic carbocycles. The summed E-state index contributed by atoms with van der Waals surface area (Å²) in [5.41, 5.74) is 2.47. The van der Waals surface area contributed by atoms with Gasteiger partial charge in [0.25, 0.3) is 0 Å². The Kier molecular flexibility index (Phi) is 5.26. The van der Waals surface area contributed by atoms with Gasteiger partial charge in [-0.3, -0.25) is 0 Å². The Balaban J connectivity index is 1.61. The molecule has 0 amide bonds. The minimum absolute atomic E-state index is 0.179. The van der Waals surface area contributed by atoms with Crippen LogP contribution in [0.5, 0.6) is 0 Å². The van der Waals surface area contributed by atoms with Crippen LogP contribution < -0.4 is 0 Å². The summed E-state index contributed by atoms with van der Waals surface area (Å²) in [6.45, 7) is 12.7. The van der Waals surface area contributed by atoms with Crippen molar-refractivity contribution >= 4 is 17.4 Å². The topological polar surface area (TPSA) is 21.7 Å². The van der Waals surface area contributed by atoms with Gasteiger partial charge in [-0.1, -0.05) is 6.92 Å². The molecule has 0 spiro atoms. The van der Waals surface area contributed by atoms with Crippen LogP contribution in [0.15, 0.2) is 17.0 Å². The van der Waals surface area contributed by atoms with E-state index >= 15 is 0 Å². The van der Waals surface area contributed by atoms with Gasteiger partial charge in [0.05, 0.1) is 12.7 Å². The van der Waals surface area contributed by atoms with Crippen molar-refractivity contribution in [3.63, 3.8) is 0 Å². The van der Waals surface area contributed by atoms with E-state index in [1.54, 1.807) is 11.3 Å². The molecular weight excluding hydrogens is 306 g/mol. The highest BCUT2D eigenvalue weighted by Crippen LogP contribution is 2.33. The van der Waals surface area contributed by atoms with E-state index in [0.29, 0.717) is 6.61 Å². The lowest BCUT2D eigenvalue weighted by Gasteiger charge is -2.32. The van der Waals surface area contributed by atoms with Gasteiger partial charge in [-0.15, -0.1) is 11.3 Å². The van der Waals surface area contributed by atoms with Crippen LogP contribution in [0.4, 0.5) is 0 Å². The number of thiophene rings is 1. The first-order valence-corrected chi connectivity index (χ1v) is 9.61. The Morgan fingerprint density at radius 1 is 1.52 bits per heavy atom. The van der Waals surface area contributed by atoms with E-state index in [0.717, 1.165) is 18.0 Å². The van der Waals surface area contributed by atoms with Gasteiger partial charge in [-0.05, 0) is 74.7 Å². The summed E-state index contributed by atoms with van der Waals surface area (Å²) in [6.07, 6.45) is 5.06. The van der Waals surface area contributed by atoms with Gasteiger partial charge in [-0.25, -0.2) is 0 Å². The Labute approximate surface area is 144 Å². The Bertz CT molecular complexity index is 567. The van der Waals surface area contributed by atoms with Crippen molar-refractivity contribution in [2.45, 2.75) is 52.4 Å². The molecule has 3 rings (SSSR count). The van der Waals surface area contributed by atoms with E-state index < -0.39 is 5.79 Å². The number of likely N-dealkylation sites (tertiary alicyclic amines) is 1. The molecule has 1 aromatic rings. The van der Waals surface area contributed by atoms with Gasteiger partial charge in [0.15, 0.2) is 5.79 Å². The van der Waals surface area contributed by atoms with Gasteiger partial charge < -0.3 is 14.4 Å². The molecule has 0 radical (unpaired) electrons. The van der Waals surface area contributed by atoms with E-state index in [1.807, 2.05) is 0 Å². The lowest BCUT2D eigenvalue weighted by atomic mass is 10.00. The second kappa shape index (κ2) is 7.06. The van der Waals surface area contributed by atoms with E-state index in [2.05, 4.69) is 50.1 Å². The highest BCUT2D eigenvalue weighted by Gasteiger charge is 2.39. The van der Waals surface area contributed by atoms with Gasteiger partial charge in [0, 0.05) is 18.0 Å². The maximum atomic E-state index is 6.31. The summed E-state index contributed by atoms with van der Waals surface area (Å²) in [5, 5.41) is 2.13. The van der Waals surface area contributed by atoms with Crippen molar-refractivity contribution in [2.24, 2.45) is 5.92 Å². The maximum absolute atomic E-state index is 6.31. The molecule has 0 bridgehead atoms. The molecule has 3 heterocycles. The summed E-state index contributed by atoms with van der Waals surface area (Å²) < 4.78 is 12.4. The van der Waals surface area contributed by atoms with Gasteiger partial charge >= 0.3 is 0 Å². The van der Waals surface area contributed by atoms with E-state index in [1.165, 1.54) is 36.4 Å². The van der Waals surface area contributed by atoms with E-state index in [4.69, 9.17) is 9.47 Å². The van der Waals surface area contributed by atoms with Crippen LogP contribution in [0.3, 0.4) is 0 Å². The SMILES string of the molecule is C/C(=C\c1sccc1C)C1(C)OCC(CN2CCCC(C)C2)O1. The largest absolute Gasteiger partial charge is 0.344 e. The molecule has 2 aliphatic heterocycles. The smallest absolute Gasteiger partial charge is 0.188 e. The molecule has 0 N–H and O–H groups in total. The standard InChI is InChI=1S/C19H29NO2S/c1-14-6-5-8-20(11-14)12-17-13-21-19(4,22-17)16(3)10-18-15(2)7-9-23-18/h7,9-10,14,17H,5-6,8,11-13H2,1-4H3/b16-10+. The molecule has 4 heteroatoms.